The molecule has 2 heterocycles. The van der Waals surface area contributed by atoms with Gasteiger partial charge >= 0.3 is 0 Å². The number of amides is 1. The molecule has 0 bridgehead atoms. The third-order valence-electron chi connectivity index (χ3n) is 3.93. The third-order valence-corrected chi connectivity index (χ3v) is 4.17. The van der Waals surface area contributed by atoms with E-state index in [2.05, 4.69) is 15.3 Å². The highest BCUT2D eigenvalue weighted by atomic mass is 35.5. The highest BCUT2D eigenvalue weighted by Gasteiger charge is 2.26. The maximum Gasteiger partial charge on any atom is 0.233 e. The lowest BCUT2D eigenvalue weighted by atomic mass is 9.96. The second-order valence-corrected chi connectivity index (χ2v) is 5.99. The SMILES string of the molecule is O=C(Nc1nc2ccccc2[nH]1)[C@@H]1COc2ccc(Cl)cc2C1. The number of rotatable bonds is 2. The fraction of sp³-hybridized carbons (Fsp3) is 0.176. The molecule has 1 aromatic heterocycles. The maximum absolute atomic E-state index is 12.5. The monoisotopic (exact) mass is 327 g/mol. The summed E-state index contributed by atoms with van der Waals surface area (Å²) in [4.78, 5) is 19.9. The first-order valence-corrected chi connectivity index (χ1v) is 7.74. The van der Waals surface area contributed by atoms with Crippen LogP contribution in [0.5, 0.6) is 5.75 Å². The number of fused-ring (bicyclic) bond motifs is 2. The molecule has 1 aliphatic rings. The van der Waals surface area contributed by atoms with Crippen LogP contribution < -0.4 is 10.1 Å². The Kier molecular flexibility index (Phi) is 3.42. The number of carbonyl (C=O) groups is 1. The summed E-state index contributed by atoms with van der Waals surface area (Å²) in [6.45, 7) is 0.348. The van der Waals surface area contributed by atoms with Crippen molar-refractivity contribution in [2.45, 2.75) is 6.42 Å². The minimum absolute atomic E-state index is 0.116. The van der Waals surface area contributed by atoms with Crippen molar-refractivity contribution >= 4 is 34.5 Å². The van der Waals surface area contributed by atoms with E-state index in [0.717, 1.165) is 22.3 Å². The number of nitrogens with zero attached hydrogens (tertiary/aromatic N) is 1. The van der Waals surface area contributed by atoms with E-state index in [1.54, 1.807) is 6.07 Å². The maximum atomic E-state index is 12.5. The molecule has 0 spiro atoms. The van der Waals surface area contributed by atoms with Crippen LogP contribution in [0.4, 0.5) is 5.95 Å². The molecule has 0 unspecified atom stereocenters. The minimum atomic E-state index is -0.269. The van der Waals surface area contributed by atoms with Crippen LogP contribution in [0.1, 0.15) is 5.56 Å². The Morgan fingerprint density at radius 1 is 1.30 bits per heavy atom. The van der Waals surface area contributed by atoms with E-state index in [-0.39, 0.29) is 11.8 Å². The normalized spacial score (nSPS) is 16.7. The van der Waals surface area contributed by atoms with Crippen LogP contribution >= 0.6 is 11.6 Å². The Balaban J connectivity index is 1.51. The number of imidazole rings is 1. The number of benzene rings is 2. The van der Waals surface area contributed by atoms with Gasteiger partial charge in [0.05, 0.1) is 17.0 Å². The van der Waals surface area contributed by atoms with Crippen molar-refractivity contribution in [2.24, 2.45) is 5.92 Å². The van der Waals surface area contributed by atoms with E-state index in [0.29, 0.717) is 24.0 Å². The Hall–Kier alpha value is -2.53. The summed E-state index contributed by atoms with van der Waals surface area (Å²) >= 11 is 6.01. The molecule has 2 aromatic carbocycles. The zero-order chi connectivity index (χ0) is 15.8. The van der Waals surface area contributed by atoms with Crippen LogP contribution in [-0.2, 0) is 11.2 Å². The molecule has 0 saturated carbocycles. The van der Waals surface area contributed by atoms with Crippen molar-refractivity contribution in [3.63, 3.8) is 0 Å². The van der Waals surface area contributed by atoms with Gasteiger partial charge in [-0.1, -0.05) is 23.7 Å². The molecule has 116 valence electrons. The molecule has 0 radical (unpaired) electrons. The van der Waals surface area contributed by atoms with Crippen LogP contribution in [0, 0.1) is 5.92 Å². The minimum Gasteiger partial charge on any atom is -0.492 e. The van der Waals surface area contributed by atoms with Gasteiger partial charge < -0.3 is 9.72 Å². The third kappa shape index (κ3) is 2.75. The quantitative estimate of drug-likeness (QED) is 0.758. The smallest absolute Gasteiger partial charge is 0.233 e. The molecule has 0 fully saturated rings. The summed E-state index contributed by atoms with van der Waals surface area (Å²) in [5.74, 6) is 0.860. The van der Waals surface area contributed by atoms with Gasteiger partial charge in [-0.05, 0) is 42.3 Å². The lowest BCUT2D eigenvalue weighted by Gasteiger charge is -2.24. The van der Waals surface area contributed by atoms with Gasteiger partial charge in [0.2, 0.25) is 11.9 Å². The predicted octanol–water partition coefficient (Wildman–Crippen LogP) is 3.41. The lowest BCUT2D eigenvalue weighted by Crippen LogP contribution is -2.32. The van der Waals surface area contributed by atoms with Crippen molar-refractivity contribution in [1.29, 1.82) is 0 Å². The van der Waals surface area contributed by atoms with Crippen LogP contribution in [0.25, 0.3) is 11.0 Å². The Bertz CT molecular complexity index is 857. The standard InChI is InChI=1S/C17H14ClN3O2/c18-12-5-6-15-10(8-12)7-11(9-23-15)16(22)21-17-19-13-3-1-2-4-14(13)20-17/h1-6,8,11H,7,9H2,(H2,19,20,21,22)/t11-/m0/s1. The summed E-state index contributed by atoms with van der Waals surface area (Å²) in [6.07, 6.45) is 0.599. The summed E-state index contributed by atoms with van der Waals surface area (Å²) in [7, 11) is 0. The number of anilines is 1. The fourth-order valence-electron chi connectivity index (χ4n) is 2.76. The van der Waals surface area contributed by atoms with Gasteiger partial charge in [-0.2, -0.15) is 0 Å². The van der Waals surface area contributed by atoms with E-state index in [4.69, 9.17) is 16.3 Å². The van der Waals surface area contributed by atoms with E-state index >= 15 is 0 Å². The largest absolute Gasteiger partial charge is 0.492 e. The number of para-hydroxylation sites is 2. The van der Waals surface area contributed by atoms with Crippen LogP contribution in [0.15, 0.2) is 42.5 Å². The first kappa shape index (κ1) is 14.1. The van der Waals surface area contributed by atoms with Gasteiger partial charge in [0.15, 0.2) is 0 Å². The number of carbonyl (C=O) groups excluding carboxylic acids is 1. The van der Waals surface area contributed by atoms with Gasteiger partial charge in [-0.3, -0.25) is 10.1 Å². The van der Waals surface area contributed by atoms with Crippen LogP contribution in [0.2, 0.25) is 5.02 Å². The van der Waals surface area contributed by atoms with Crippen molar-refractivity contribution in [1.82, 2.24) is 9.97 Å². The Morgan fingerprint density at radius 3 is 3.04 bits per heavy atom. The molecule has 1 aliphatic heterocycles. The molecule has 2 N–H and O–H groups in total. The molecule has 4 rings (SSSR count). The number of H-pyrrole nitrogens is 1. The number of ether oxygens (including phenoxy) is 1. The highest BCUT2D eigenvalue weighted by Crippen LogP contribution is 2.30. The van der Waals surface area contributed by atoms with Crippen molar-refractivity contribution in [2.75, 3.05) is 11.9 Å². The number of aromatic nitrogens is 2. The zero-order valence-corrected chi connectivity index (χ0v) is 12.9. The highest BCUT2D eigenvalue weighted by molar-refractivity contribution is 6.30. The molecule has 6 heteroatoms. The van der Waals surface area contributed by atoms with Crippen molar-refractivity contribution in [3.8, 4) is 5.75 Å². The van der Waals surface area contributed by atoms with Gasteiger partial charge in [-0.15, -0.1) is 0 Å². The average molecular weight is 328 g/mol. The molecule has 1 amide bonds. The molecule has 1 atom stereocenters. The molecule has 0 saturated heterocycles. The second-order valence-electron chi connectivity index (χ2n) is 5.56. The van der Waals surface area contributed by atoms with Crippen LogP contribution in [-0.4, -0.2) is 22.5 Å². The van der Waals surface area contributed by atoms with E-state index < -0.39 is 0 Å². The number of aromatic amines is 1. The average Bonchev–Trinajstić information content (AvgIpc) is 2.96. The fourth-order valence-corrected chi connectivity index (χ4v) is 2.96. The first-order chi connectivity index (χ1) is 11.2. The molecular formula is C17H14ClN3O2. The van der Waals surface area contributed by atoms with E-state index in [1.165, 1.54) is 0 Å². The van der Waals surface area contributed by atoms with Gasteiger partial charge in [0.25, 0.3) is 0 Å². The second kappa shape index (κ2) is 5.59. The van der Waals surface area contributed by atoms with Crippen molar-refractivity contribution in [3.05, 3.63) is 53.1 Å². The summed E-state index contributed by atoms with van der Waals surface area (Å²) in [5, 5.41) is 3.47. The molecular weight excluding hydrogens is 314 g/mol. The molecule has 3 aromatic rings. The van der Waals surface area contributed by atoms with Gasteiger partial charge in [0.1, 0.15) is 12.4 Å². The number of nitrogens with one attached hydrogen (secondary N) is 2. The van der Waals surface area contributed by atoms with Gasteiger partial charge in [-0.25, -0.2) is 4.98 Å². The number of halogens is 1. The first-order valence-electron chi connectivity index (χ1n) is 7.36. The van der Waals surface area contributed by atoms with E-state index in [1.807, 2.05) is 36.4 Å². The molecule has 0 aliphatic carbocycles. The van der Waals surface area contributed by atoms with Crippen LogP contribution in [0.3, 0.4) is 0 Å². The summed E-state index contributed by atoms with van der Waals surface area (Å²) in [5.41, 5.74) is 2.66. The van der Waals surface area contributed by atoms with Gasteiger partial charge in [0, 0.05) is 5.02 Å². The lowest BCUT2D eigenvalue weighted by molar-refractivity contribution is -0.121. The topological polar surface area (TPSA) is 67.0 Å². The Morgan fingerprint density at radius 2 is 2.17 bits per heavy atom. The van der Waals surface area contributed by atoms with Crippen molar-refractivity contribution < 1.29 is 9.53 Å². The number of hydrogen-bond donors (Lipinski definition) is 2. The zero-order valence-electron chi connectivity index (χ0n) is 12.2. The van der Waals surface area contributed by atoms with E-state index in [9.17, 15) is 4.79 Å². The number of hydrogen-bond acceptors (Lipinski definition) is 3. The summed E-state index contributed by atoms with van der Waals surface area (Å²) < 4.78 is 5.66. The Labute approximate surface area is 137 Å². The summed E-state index contributed by atoms with van der Waals surface area (Å²) in [6, 6.07) is 13.1. The molecule has 23 heavy (non-hydrogen) atoms. The molecule has 5 nitrogen and oxygen atoms in total. The predicted molar refractivity (Wildman–Crippen MR) is 88.9 cm³/mol.